The van der Waals surface area contributed by atoms with Crippen molar-refractivity contribution in [2.24, 2.45) is 0 Å². The van der Waals surface area contributed by atoms with Gasteiger partial charge >= 0.3 is 6.18 Å². The predicted octanol–water partition coefficient (Wildman–Crippen LogP) is 3.68. The fourth-order valence-electron chi connectivity index (χ4n) is 2.84. The SMILES string of the molecule is Cc1nnc(-c2ccc(-c3nc(C(=O)Nc4ccn[nH]4)c(N)cc3C(F)(F)F)cc2)o1. The molecule has 0 atom stereocenters. The van der Waals surface area contributed by atoms with Crippen LogP contribution in [0.1, 0.15) is 21.9 Å². The number of nitrogens with one attached hydrogen (secondary N) is 2. The van der Waals surface area contributed by atoms with Crippen LogP contribution in [-0.2, 0) is 6.18 Å². The Bertz CT molecular complexity index is 1230. The molecule has 3 aromatic heterocycles. The number of nitrogen functional groups attached to an aromatic ring is 1. The number of halogens is 3. The highest BCUT2D eigenvalue weighted by Gasteiger charge is 2.36. The molecule has 0 unspecified atom stereocenters. The fourth-order valence-corrected chi connectivity index (χ4v) is 2.84. The Morgan fingerprint density at radius 2 is 1.84 bits per heavy atom. The predicted molar refractivity (Wildman–Crippen MR) is 104 cm³/mol. The molecule has 1 amide bonds. The van der Waals surface area contributed by atoms with Crippen LogP contribution in [0.15, 0.2) is 47.0 Å². The summed E-state index contributed by atoms with van der Waals surface area (Å²) < 4.78 is 46.3. The minimum absolute atomic E-state index is 0.128. The van der Waals surface area contributed by atoms with Crippen molar-refractivity contribution in [3.63, 3.8) is 0 Å². The van der Waals surface area contributed by atoms with Crippen LogP contribution in [0.2, 0.25) is 0 Å². The number of carbonyl (C=O) groups is 1. The Kier molecular flexibility index (Phi) is 4.89. The van der Waals surface area contributed by atoms with Crippen LogP contribution in [0.4, 0.5) is 24.7 Å². The highest BCUT2D eigenvalue weighted by Crippen LogP contribution is 2.38. The van der Waals surface area contributed by atoms with E-state index in [1.165, 1.54) is 36.5 Å². The number of aryl methyl sites for hydroxylation is 1. The summed E-state index contributed by atoms with van der Waals surface area (Å²) in [7, 11) is 0. The van der Waals surface area contributed by atoms with Crippen LogP contribution in [0.3, 0.4) is 0 Å². The van der Waals surface area contributed by atoms with Gasteiger partial charge in [0.05, 0.1) is 23.1 Å². The maximum Gasteiger partial charge on any atom is 0.418 e. The van der Waals surface area contributed by atoms with Crippen molar-refractivity contribution in [1.82, 2.24) is 25.4 Å². The van der Waals surface area contributed by atoms with Gasteiger partial charge in [0.25, 0.3) is 5.91 Å². The summed E-state index contributed by atoms with van der Waals surface area (Å²) >= 11 is 0. The van der Waals surface area contributed by atoms with Crippen LogP contribution in [0.25, 0.3) is 22.7 Å². The summed E-state index contributed by atoms with van der Waals surface area (Å²) in [4.78, 5) is 16.5. The second kappa shape index (κ2) is 7.55. The van der Waals surface area contributed by atoms with E-state index < -0.39 is 29.0 Å². The molecule has 3 heterocycles. The van der Waals surface area contributed by atoms with Gasteiger partial charge in [0.15, 0.2) is 5.69 Å². The molecule has 31 heavy (non-hydrogen) atoms. The molecular weight excluding hydrogens is 415 g/mol. The van der Waals surface area contributed by atoms with Gasteiger partial charge < -0.3 is 15.5 Å². The standard InChI is InChI=1S/C19H14F3N7O2/c1-9-27-29-18(31-9)11-4-2-10(3-5-11)15-12(19(20,21)22)8-13(23)16(26-15)17(30)25-14-6-7-24-28-14/h2-8H,23H2,1H3,(H2,24,25,28,30). The van der Waals surface area contributed by atoms with Crippen LogP contribution >= 0.6 is 0 Å². The van der Waals surface area contributed by atoms with Crippen LogP contribution in [0, 0.1) is 6.92 Å². The Hall–Kier alpha value is -4.22. The number of benzene rings is 1. The molecule has 0 aliphatic rings. The molecule has 0 radical (unpaired) electrons. The highest BCUT2D eigenvalue weighted by atomic mass is 19.4. The van der Waals surface area contributed by atoms with Crippen molar-refractivity contribution in [3.8, 4) is 22.7 Å². The Morgan fingerprint density at radius 3 is 2.42 bits per heavy atom. The number of H-pyrrole nitrogens is 1. The molecule has 0 bridgehead atoms. The topological polar surface area (TPSA) is 136 Å². The van der Waals surface area contributed by atoms with Gasteiger partial charge in [-0.2, -0.15) is 18.3 Å². The Morgan fingerprint density at radius 1 is 1.13 bits per heavy atom. The lowest BCUT2D eigenvalue weighted by Gasteiger charge is -2.15. The van der Waals surface area contributed by atoms with Crippen molar-refractivity contribution < 1.29 is 22.4 Å². The van der Waals surface area contributed by atoms with Gasteiger partial charge in [0.2, 0.25) is 11.8 Å². The molecule has 0 spiro atoms. The molecule has 0 fully saturated rings. The van der Waals surface area contributed by atoms with E-state index in [2.05, 4.69) is 30.7 Å². The molecule has 0 aliphatic heterocycles. The average molecular weight is 429 g/mol. The van der Waals surface area contributed by atoms with Gasteiger partial charge in [-0.15, -0.1) is 10.2 Å². The average Bonchev–Trinajstić information content (AvgIpc) is 3.39. The first-order valence-electron chi connectivity index (χ1n) is 8.81. The molecule has 4 N–H and O–H groups in total. The number of nitrogens with two attached hydrogens (primary N) is 1. The third-order valence-electron chi connectivity index (χ3n) is 4.25. The zero-order valence-corrected chi connectivity index (χ0v) is 15.9. The van der Waals surface area contributed by atoms with E-state index in [-0.39, 0.29) is 23.0 Å². The lowest BCUT2D eigenvalue weighted by atomic mass is 10.0. The molecule has 0 aliphatic carbocycles. The number of hydrogen-bond acceptors (Lipinski definition) is 7. The first kappa shape index (κ1) is 20.1. The lowest BCUT2D eigenvalue weighted by Crippen LogP contribution is -2.19. The van der Waals surface area contributed by atoms with Gasteiger partial charge in [0.1, 0.15) is 5.82 Å². The van der Waals surface area contributed by atoms with Gasteiger partial charge in [-0.05, 0) is 18.2 Å². The number of anilines is 2. The van der Waals surface area contributed by atoms with Crippen molar-refractivity contribution in [2.45, 2.75) is 13.1 Å². The molecule has 12 heteroatoms. The van der Waals surface area contributed by atoms with Gasteiger partial charge in [-0.3, -0.25) is 9.89 Å². The third-order valence-corrected chi connectivity index (χ3v) is 4.25. The number of aromatic nitrogens is 5. The van der Waals surface area contributed by atoms with Gasteiger partial charge in [-0.25, -0.2) is 4.98 Å². The molecule has 4 aromatic rings. The largest absolute Gasteiger partial charge is 0.421 e. The van der Waals surface area contributed by atoms with Crippen LogP contribution in [-0.4, -0.2) is 31.3 Å². The van der Waals surface area contributed by atoms with Crippen molar-refractivity contribution in [3.05, 3.63) is 59.7 Å². The Labute approximate surface area is 172 Å². The molecule has 4 rings (SSSR count). The monoisotopic (exact) mass is 429 g/mol. The van der Waals surface area contributed by atoms with Crippen LogP contribution in [0.5, 0.6) is 0 Å². The zero-order chi connectivity index (χ0) is 22.2. The molecule has 1 aromatic carbocycles. The fraction of sp³-hybridized carbons (Fsp3) is 0.105. The quantitative estimate of drug-likeness (QED) is 0.450. The van der Waals surface area contributed by atoms with E-state index in [0.29, 0.717) is 17.5 Å². The van der Waals surface area contributed by atoms with Crippen LogP contribution < -0.4 is 11.1 Å². The smallest absolute Gasteiger partial charge is 0.418 e. The minimum Gasteiger partial charge on any atom is -0.421 e. The van der Waals surface area contributed by atoms with E-state index in [4.69, 9.17) is 10.2 Å². The maximum atomic E-state index is 13.7. The molecule has 158 valence electrons. The normalized spacial score (nSPS) is 11.5. The summed E-state index contributed by atoms with van der Waals surface area (Å²) in [5, 5.41) is 16.2. The second-order valence-corrected chi connectivity index (χ2v) is 6.45. The van der Waals surface area contributed by atoms with Crippen molar-refractivity contribution in [1.29, 1.82) is 0 Å². The van der Waals surface area contributed by atoms with Crippen molar-refractivity contribution in [2.75, 3.05) is 11.1 Å². The summed E-state index contributed by atoms with van der Waals surface area (Å²) in [6.07, 6.45) is -3.34. The summed E-state index contributed by atoms with van der Waals surface area (Å²) in [5.41, 5.74) is 4.10. The summed E-state index contributed by atoms with van der Waals surface area (Å²) in [6.45, 7) is 1.62. The van der Waals surface area contributed by atoms with Crippen molar-refractivity contribution >= 4 is 17.4 Å². The highest BCUT2D eigenvalue weighted by molar-refractivity contribution is 6.06. The number of aromatic amines is 1. The van der Waals surface area contributed by atoms with E-state index in [0.717, 1.165) is 0 Å². The number of amides is 1. The Balaban J connectivity index is 1.76. The molecular formula is C19H14F3N7O2. The molecule has 0 saturated heterocycles. The number of hydrogen-bond donors (Lipinski definition) is 3. The summed E-state index contributed by atoms with van der Waals surface area (Å²) in [5.74, 6) is 0.0399. The third kappa shape index (κ3) is 4.08. The second-order valence-electron chi connectivity index (χ2n) is 6.45. The van der Waals surface area contributed by atoms with E-state index in [1.807, 2.05) is 0 Å². The number of pyridine rings is 1. The molecule has 9 nitrogen and oxygen atoms in total. The number of nitrogens with zero attached hydrogens (tertiary/aromatic N) is 4. The zero-order valence-electron chi connectivity index (χ0n) is 15.9. The van der Waals surface area contributed by atoms with E-state index in [9.17, 15) is 18.0 Å². The van der Waals surface area contributed by atoms with E-state index in [1.54, 1.807) is 6.92 Å². The minimum atomic E-state index is -4.74. The van der Waals surface area contributed by atoms with Gasteiger partial charge in [0, 0.05) is 24.1 Å². The maximum absolute atomic E-state index is 13.7. The summed E-state index contributed by atoms with van der Waals surface area (Å²) in [6, 6.07) is 8.03. The molecule has 0 saturated carbocycles. The number of rotatable bonds is 4. The number of carbonyl (C=O) groups excluding carboxylic acids is 1. The first-order valence-corrected chi connectivity index (χ1v) is 8.81. The first-order chi connectivity index (χ1) is 14.7. The van der Waals surface area contributed by atoms with Gasteiger partial charge in [-0.1, -0.05) is 12.1 Å². The number of alkyl halides is 3. The lowest BCUT2D eigenvalue weighted by molar-refractivity contribution is -0.137. The van der Waals surface area contributed by atoms with E-state index >= 15 is 0 Å².